The molecule has 5 nitrogen and oxygen atoms in total. The largest absolute Gasteiger partial charge is 0.324 e. The zero-order valence-electron chi connectivity index (χ0n) is 14.2. The van der Waals surface area contributed by atoms with Gasteiger partial charge in [0.1, 0.15) is 5.69 Å². The smallest absolute Gasteiger partial charge is 0.274 e. The van der Waals surface area contributed by atoms with Crippen LogP contribution in [-0.4, -0.2) is 15.9 Å². The van der Waals surface area contributed by atoms with Crippen LogP contribution in [0, 0.1) is 13.8 Å². The maximum absolute atomic E-state index is 12.5. The standard InChI is InChI=1S/C19H16Cl2N4O/c1-11-9-17(18(26)23-14-6-3-5-13(20)10-14)25-19(22-11)24-16-8-4-7-15(21)12(16)2/h3-10H,1-2H3,(H,23,26)(H,22,24,25). The molecule has 0 aliphatic heterocycles. The van der Waals surface area contributed by atoms with Crippen LogP contribution < -0.4 is 10.6 Å². The number of rotatable bonds is 4. The molecule has 0 fully saturated rings. The van der Waals surface area contributed by atoms with Crippen LogP contribution in [0.1, 0.15) is 21.7 Å². The molecule has 3 aromatic rings. The van der Waals surface area contributed by atoms with Gasteiger partial charge in [0.25, 0.3) is 5.91 Å². The zero-order chi connectivity index (χ0) is 18.7. The van der Waals surface area contributed by atoms with Gasteiger partial charge < -0.3 is 10.6 Å². The summed E-state index contributed by atoms with van der Waals surface area (Å²) in [5, 5.41) is 7.07. The lowest BCUT2D eigenvalue weighted by atomic mass is 10.2. The molecule has 26 heavy (non-hydrogen) atoms. The third-order valence-corrected chi connectivity index (χ3v) is 4.33. The molecule has 0 bridgehead atoms. The molecular weight excluding hydrogens is 371 g/mol. The summed E-state index contributed by atoms with van der Waals surface area (Å²) in [6, 6.07) is 14.1. The summed E-state index contributed by atoms with van der Waals surface area (Å²) in [5.41, 5.74) is 3.17. The Labute approximate surface area is 161 Å². The van der Waals surface area contributed by atoms with Gasteiger partial charge in [-0.15, -0.1) is 0 Å². The first-order valence-corrected chi connectivity index (χ1v) is 8.63. The van der Waals surface area contributed by atoms with Crippen LogP contribution in [0.3, 0.4) is 0 Å². The molecule has 2 N–H and O–H groups in total. The van der Waals surface area contributed by atoms with Gasteiger partial charge in [0.2, 0.25) is 5.95 Å². The quantitative estimate of drug-likeness (QED) is 0.629. The summed E-state index contributed by atoms with van der Waals surface area (Å²) >= 11 is 12.1. The van der Waals surface area contributed by atoms with Crippen LogP contribution in [0.2, 0.25) is 10.0 Å². The molecule has 132 valence electrons. The molecule has 3 rings (SSSR count). The van der Waals surface area contributed by atoms with E-state index >= 15 is 0 Å². The molecule has 0 aliphatic carbocycles. The lowest BCUT2D eigenvalue weighted by Crippen LogP contribution is -2.15. The molecule has 7 heteroatoms. The number of amides is 1. The Hall–Kier alpha value is -2.63. The van der Waals surface area contributed by atoms with Crippen molar-refractivity contribution in [3.05, 3.63) is 75.5 Å². The number of hydrogen-bond donors (Lipinski definition) is 2. The molecule has 1 heterocycles. The first-order valence-electron chi connectivity index (χ1n) is 7.87. The molecule has 0 atom stereocenters. The molecule has 0 saturated heterocycles. The Morgan fingerprint density at radius 3 is 2.54 bits per heavy atom. The number of aryl methyl sites for hydroxylation is 1. The van der Waals surface area contributed by atoms with Gasteiger partial charge in [-0.1, -0.05) is 35.3 Å². The van der Waals surface area contributed by atoms with E-state index in [1.54, 1.807) is 37.3 Å². The minimum absolute atomic E-state index is 0.250. The van der Waals surface area contributed by atoms with Crippen molar-refractivity contribution in [1.29, 1.82) is 0 Å². The minimum Gasteiger partial charge on any atom is -0.324 e. The Morgan fingerprint density at radius 2 is 1.77 bits per heavy atom. The zero-order valence-corrected chi connectivity index (χ0v) is 15.7. The maximum Gasteiger partial charge on any atom is 0.274 e. The van der Waals surface area contributed by atoms with E-state index < -0.39 is 0 Å². The van der Waals surface area contributed by atoms with Gasteiger partial charge in [0.05, 0.1) is 0 Å². The summed E-state index contributed by atoms with van der Waals surface area (Å²) in [6.07, 6.45) is 0. The van der Waals surface area contributed by atoms with Crippen LogP contribution in [0.25, 0.3) is 0 Å². The molecule has 0 radical (unpaired) electrons. The number of carbonyl (C=O) groups is 1. The Kier molecular flexibility index (Phi) is 5.40. The first-order chi connectivity index (χ1) is 12.4. The van der Waals surface area contributed by atoms with Crippen LogP contribution in [-0.2, 0) is 0 Å². The number of benzene rings is 2. The fourth-order valence-corrected chi connectivity index (χ4v) is 2.73. The SMILES string of the molecule is Cc1cc(C(=O)Nc2cccc(Cl)c2)nc(Nc2cccc(Cl)c2C)n1. The summed E-state index contributed by atoms with van der Waals surface area (Å²) in [4.78, 5) is 21.2. The second-order valence-electron chi connectivity index (χ2n) is 5.72. The van der Waals surface area contributed by atoms with E-state index in [0.29, 0.717) is 27.4 Å². The predicted molar refractivity (Wildman–Crippen MR) is 106 cm³/mol. The van der Waals surface area contributed by atoms with Crippen LogP contribution in [0.15, 0.2) is 48.5 Å². The number of nitrogens with zero attached hydrogens (tertiary/aromatic N) is 2. The lowest BCUT2D eigenvalue weighted by Gasteiger charge is -2.11. The van der Waals surface area contributed by atoms with E-state index in [2.05, 4.69) is 20.6 Å². The molecule has 0 unspecified atom stereocenters. The molecule has 0 spiro atoms. The van der Waals surface area contributed by atoms with E-state index in [1.807, 2.05) is 25.1 Å². The molecule has 0 saturated carbocycles. The molecule has 2 aromatic carbocycles. The van der Waals surface area contributed by atoms with Crippen molar-refractivity contribution >= 4 is 46.4 Å². The minimum atomic E-state index is -0.344. The maximum atomic E-state index is 12.5. The average Bonchev–Trinajstić information content (AvgIpc) is 2.58. The van der Waals surface area contributed by atoms with Crippen LogP contribution in [0.5, 0.6) is 0 Å². The molecular formula is C19H16Cl2N4O. The third-order valence-electron chi connectivity index (χ3n) is 3.68. The van der Waals surface area contributed by atoms with Crippen molar-refractivity contribution in [2.45, 2.75) is 13.8 Å². The Morgan fingerprint density at radius 1 is 1.00 bits per heavy atom. The molecule has 1 amide bonds. The Balaban J connectivity index is 1.85. The fraction of sp³-hybridized carbons (Fsp3) is 0.105. The van der Waals surface area contributed by atoms with Crippen molar-refractivity contribution < 1.29 is 4.79 Å². The van der Waals surface area contributed by atoms with Crippen molar-refractivity contribution in [3.8, 4) is 0 Å². The van der Waals surface area contributed by atoms with Gasteiger partial charge in [-0.25, -0.2) is 9.97 Å². The van der Waals surface area contributed by atoms with Crippen molar-refractivity contribution in [2.24, 2.45) is 0 Å². The second kappa shape index (κ2) is 7.72. The number of halogens is 2. The summed E-state index contributed by atoms with van der Waals surface area (Å²) in [6.45, 7) is 3.70. The van der Waals surface area contributed by atoms with Crippen molar-refractivity contribution in [1.82, 2.24) is 9.97 Å². The topological polar surface area (TPSA) is 66.9 Å². The highest BCUT2D eigenvalue weighted by Gasteiger charge is 2.12. The normalized spacial score (nSPS) is 10.5. The van der Waals surface area contributed by atoms with Crippen molar-refractivity contribution in [3.63, 3.8) is 0 Å². The van der Waals surface area contributed by atoms with E-state index in [9.17, 15) is 4.79 Å². The van der Waals surface area contributed by atoms with E-state index in [0.717, 1.165) is 11.3 Å². The number of carbonyl (C=O) groups excluding carboxylic acids is 1. The van der Waals surface area contributed by atoms with Crippen molar-refractivity contribution in [2.75, 3.05) is 10.6 Å². The lowest BCUT2D eigenvalue weighted by molar-refractivity contribution is 0.102. The predicted octanol–water partition coefficient (Wildman–Crippen LogP) is 5.40. The summed E-state index contributed by atoms with van der Waals surface area (Å²) in [7, 11) is 0. The highest BCUT2D eigenvalue weighted by molar-refractivity contribution is 6.31. The first kappa shape index (κ1) is 18.2. The third kappa shape index (κ3) is 4.31. The van der Waals surface area contributed by atoms with Gasteiger partial charge in [-0.3, -0.25) is 4.79 Å². The number of aromatic nitrogens is 2. The van der Waals surface area contributed by atoms with Gasteiger partial charge in [-0.05, 0) is 55.8 Å². The van der Waals surface area contributed by atoms with Gasteiger partial charge >= 0.3 is 0 Å². The van der Waals surface area contributed by atoms with Crippen LogP contribution >= 0.6 is 23.2 Å². The van der Waals surface area contributed by atoms with Gasteiger partial charge in [0, 0.05) is 27.1 Å². The number of hydrogen-bond acceptors (Lipinski definition) is 4. The van der Waals surface area contributed by atoms with E-state index in [1.165, 1.54) is 0 Å². The monoisotopic (exact) mass is 386 g/mol. The summed E-state index contributed by atoms with van der Waals surface area (Å²) in [5.74, 6) is -0.0183. The summed E-state index contributed by atoms with van der Waals surface area (Å²) < 4.78 is 0. The molecule has 0 aliphatic rings. The van der Waals surface area contributed by atoms with Gasteiger partial charge in [-0.2, -0.15) is 0 Å². The number of anilines is 3. The van der Waals surface area contributed by atoms with Gasteiger partial charge in [0.15, 0.2) is 0 Å². The average molecular weight is 387 g/mol. The molecule has 1 aromatic heterocycles. The van der Waals surface area contributed by atoms with E-state index in [-0.39, 0.29) is 11.6 Å². The highest BCUT2D eigenvalue weighted by atomic mass is 35.5. The Bertz CT molecular complexity index is 976. The fourth-order valence-electron chi connectivity index (χ4n) is 2.37. The number of nitrogens with one attached hydrogen (secondary N) is 2. The highest BCUT2D eigenvalue weighted by Crippen LogP contribution is 2.25. The van der Waals surface area contributed by atoms with E-state index in [4.69, 9.17) is 23.2 Å². The second-order valence-corrected chi connectivity index (χ2v) is 6.56. The van der Waals surface area contributed by atoms with Crippen LogP contribution in [0.4, 0.5) is 17.3 Å².